The predicted octanol–water partition coefficient (Wildman–Crippen LogP) is 2.55. The Morgan fingerprint density at radius 2 is 2.11 bits per heavy atom. The van der Waals surface area contributed by atoms with Crippen molar-refractivity contribution in [3.63, 3.8) is 0 Å². The highest BCUT2D eigenvalue weighted by atomic mass is 79.9. The number of halogens is 4. The normalized spacial score (nSPS) is 11.8. The van der Waals surface area contributed by atoms with Gasteiger partial charge in [-0.05, 0) is 28.1 Å². The van der Waals surface area contributed by atoms with E-state index in [1.54, 1.807) is 18.3 Å². The van der Waals surface area contributed by atoms with E-state index < -0.39 is 12.7 Å². The molecule has 102 valence electrons. The third kappa shape index (κ3) is 4.28. The second-order valence-corrected chi connectivity index (χ2v) is 4.51. The second-order valence-electron chi connectivity index (χ2n) is 3.59. The first-order valence-electron chi connectivity index (χ1n) is 5.16. The van der Waals surface area contributed by atoms with E-state index in [0.29, 0.717) is 5.69 Å². The Bertz CT molecular complexity index is 540. The largest absolute Gasteiger partial charge is 0.401 e. The summed E-state index contributed by atoms with van der Waals surface area (Å²) in [4.78, 5) is 7.99. The molecule has 0 aliphatic heterocycles. The lowest BCUT2D eigenvalue weighted by Crippen LogP contribution is -2.28. The van der Waals surface area contributed by atoms with Gasteiger partial charge < -0.3 is 9.84 Å². The number of hydrogen-bond donors (Lipinski definition) is 1. The lowest BCUT2D eigenvalue weighted by Gasteiger charge is -2.05. The summed E-state index contributed by atoms with van der Waals surface area (Å²) in [5, 5.41) is 5.81. The molecule has 9 heteroatoms. The third-order valence-electron chi connectivity index (χ3n) is 2.03. The number of alkyl halides is 3. The molecule has 2 rings (SSSR count). The van der Waals surface area contributed by atoms with Gasteiger partial charge in [0, 0.05) is 10.7 Å². The van der Waals surface area contributed by atoms with E-state index >= 15 is 0 Å². The first-order valence-corrected chi connectivity index (χ1v) is 5.95. The first kappa shape index (κ1) is 13.9. The van der Waals surface area contributed by atoms with Crippen LogP contribution in [-0.4, -0.2) is 27.8 Å². The molecule has 0 saturated heterocycles. The highest BCUT2D eigenvalue weighted by Gasteiger charge is 2.26. The SMILES string of the molecule is FC(F)(F)CNCc1nc(-c2ccc(Br)cn2)no1. The van der Waals surface area contributed by atoms with Gasteiger partial charge in [-0.15, -0.1) is 0 Å². The van der Waals surface area contributed by atoms with Crippen LogP contribution in [0.4, 0.5) is 13.2 Å². The summed E-state index contributed by atoms with van der Waals surface area (Å²) in [6, 6.07) is 3.42. The van der Waals surface area contributed by atoms with Crippen LogP contribution < -0.4 is 5.32 Å². The highest BCUT2D eigenvalue weighted by molar-refractivity contribution is 9.10. The first-order chi connectivity index (χ1) is 8.94. The number of nitrogens with one attached hydrogen (secondary N) is 1. The Morgan fingerprint density at radius 3 is 2.74 bits per heavy atom. The maximum absolute atomic E-state index is 11.9. The van der Waals surface area contributed by atoms with E-state index in [1.165, 1.54) is 0 Å². The number of nitrogens with zero attached hydrogens (tertiary/aromatic N) is 3. The van der Waals surface area contributed by atoms with Crippen molar-refractivity contribution in [2.75, 3.05) is 6.54 Å². The second kappa shape index (κ2) is 5.66. The van der Waals surface area contributed by atoms with Crippen LogP contribution in [0.5, 0.6) is 0 Å². The summed E-state index contributed by atoms with van der Waals surface area (Å²) in [6.45, 7) is -1.26. The fourth-order valence-electron chi connectivity index (χ4n) is 1.25. The van der Waals surface area contributed by atoms with Crippen LogP contribution in [0, 0.1) is 0 Å². The summed E-state index contributed by atoms with van der Waals surface area (Å²) in [6.07, 6.45) is -2.70. The molecule has 0 radical (unpaired) electrons. The molecule has 5 nitrogen and oxygen atoms in total. The van der Waals surface area contributed by atoms with Gasteiger partial charge in [-0.3, -0.25) is 4.98 Å². The maximum Gasteiger partial charge on any atom is 0.401 e. The van der Waals surface area contributed by atoms with Crippen LogP contribution >= 0.6 is 15.9 Å². The zero-order valence-corrected chi connectivity index (χ0v) is 11.0. The van der Waals surface area contributed by atoms with Crippen molar-refractivity contribution in [2.45, 2.75) is 12.7 Å². The number of aromatic nitrogens is 3. The highest BCUT2D eigenvalue weighted by Crippen LogP contribution is 2.16. The summed E-state index contributed by atoms with van der Waals surface area (Å²) in [7, 11) is 0. The molecule has 0 fully saturated rings. The van der Waals surface area contributed by atoms with E-state index in [2.05, 4.69) is 36.4 Å². The summed E-state index contributed by atoms with van der Waals surface area (Å²) in [5.74, 6) is 0.306. The fraction of sp³-hybridized carbons (Fsp3) is 0.300. The molecule has 1 N–H and O–H groups in total. The Hall–Kier alpha value is -1.48. The Balaban J connectivity index is 1.97. The molecule has 0 amide bonds. The lowest BCUT2D eigenvalue weighted by atomic mass is 10.3. The van der Waals surface area contributed by atoms with Crippen molar-refractivity contribution in [3.8, 4) is 11.5 Å². The maximum atomic E-state index is 11.9. The van der Waals surface area contributed by atoms with Crippen LogP contribution in [0.15, 0.2) is 27.3 Å². The molecular weight excluding hydrogens is 329 g/mol. The third-order valence-corrected chi connectivity index (χ3v) is 2.50. The minimum atomic E-state index is -4.27. The van der Waals surface area contributed by atoms with Crippen LogP contribution in [0.3, 0.4) is 0 Å². The van der Waals surface area contributed by atoms with Gasteiger partial charge in [0.15, 0.2) is 0 Å². The molecule has 2 aromatic rings. The Kier molecular flexibility index (Phi) is 4.15. The minimum Gasteiger partial charge on any atom is -0.337 e. The average Bonchev–Trinajstić information content (AvgIpc) is 2.77. The van der Waals surface area contributed by atoms with E-state index in [1.807, 2.05) is 0 Å². The van der Waals surface area contributed by atoms with E-state index in [0.717, 1.165) is 4.47 Å². The minimum absolute atomic E-state index is 0.0731. The van der Waals surface area contributed by atoms with Gasteiger partial charge in [0.2, 0.25) is 11.7 Å². The van der Waals surface area contributed by atoms with Crippen LogP contribution in [-0.2, 0) is 6.54 Å². The monoisotopic (exact) mass is 336 g/mol. The fourth-order valence-corrected chi connectivity index (χ4v) is 1.48. The number of pyridine rings is 1. The molecule has 0 atom stereocenters. The summed E-state index contributed by atoms with van der Waals surface area (Å²) >= 11 is 3.23. The van der Waals surface area contributed by atoms with E-state index in [-0.39, 0.29) is 18.3 Å². The van der Waals surface area contributed by atoms with E-state index in [4.69, 9.17) is 4.52 Å². The van der Waals surface area contributed by atoms with Gasteiger partial charge in [0.25, 0.3) is 0 Å². The van der Waals surface area contributed by atoms with Crippen molar-refractivity contribution in [3.05, 3.63) is 28.7 Å². The average molecular weight is 337 g/mol. The van der Waals surface area contributed by atoms with Crippen molar-refractivity contribution in [1.82, 2.24) is 20.4 Å². The van der Waals surface area contributed by atoms with Crippen LogP contribution in [0.25, 0.3) is 11.5 Å². The summed E-state index contributed by atoms with van der Waals surface area (Å²) in [5.41, 5.74) is 0.481. The molecule has 19 heavy (non-hydrogen) atoms. The number of hydrogen-bond acceptors (Lipinski definition) is 5. The van der Waals surface area contributed by atoms with Gasteiger partial charge in [0.05, 0.1) is 13.1 Å². The van der Waals surface area contributed by atoms with Crippen LogP contribution in [0.2, 0.25) is 0 Å². The molecule has 0 aliphatic rings. The van der Waals surface area contributed by atoms with Crippen molar-refractivity contribution < 1.29 is 17.7 Å². The Morgan fingerprint density at radius 1 is 1.32 bits per heavy atom. The van der Waals surface area contributed by atoms with Gasteiger partial charge in [0.1, 0.15) is 5.69 Å². The Labute approximate surface area is 114 Å². The van der Waals surface area contributed by atoms with Gasteiger partial charge in [-0.1, -0.05) is 5.16 Å². The molecule has 0 unspecified atom stereocenters. The topological polar surface area (TPSA) is 63.8 Å². The molecule has 0 aliphatic carbocycles. The molecule has 0 saturated carbocycles. The molecule has 0 aromatic carbocycles. The van der Waals surface area contributed by atoms with Gasteiger partial charge in [-0.25, -0.2) is 0 Å². The van der Waals surface area contributed by atoms with Gasteiger partial charge >= 0.3 is 6.18 Å². The molecule has 2 aromatic heterocycles. The van der Waals surface area contributed by atoms with Crippen molar-refractivity contribution in [2.24, 2.45) is 0 Å². The summed E-state index contributed by atoms with van der Waals surface area (Å²) < 4.78 is 41.4. The van der Waals surface area contributed by atoms with Gasteiger partial charge in [-0.2, -0.15) is 18.2 Å². The standard InChI is InChI=1S/C10H8BrF3N4O/c11-6-1-2-7(16-3-6)9-17-8(19-18-9)4-15-5-10(12,13)14/h1-3,15H,4-5H2. The lowest BCUT2D eigenvalue weighted by molar-refractivity contribution is -0.125. The molecular formula is C10H8BrF3N4O. The zero-order valence-electron chi connectivity index (χ0n) is 9.41. The number of rotatable bonds is 4. The van der Waals surface area contributed by atoms with Crippen LogP contribution in [0.1, 0.15) is 5.89 Å². The molecule has 0 bridgehead atoms. The van der Waals surface area contributed by atoms with Crippen molar-refractivity contribution in [1.29, 1.82) is 0 Å². The predicted molar refractivity (Wildman–Crippen MR) is 63.0 cm³/mol. The van der Waals surface area contributed by atoms with E-state index in [9.17, 15) is 13.2 Å². The molecule has 2 heterocycles. The smallest absolute Gasteiger partial charge is 0.337 e. The zero-order chi connectivity index (χ0) is 13.9. The molecule has 0 spiro atoms. The van der Waals surface area contributed by atoms with Crippen molar-refractivity contribution >= 4 is 15.9 Å². The quantitative estimate of drug-likeness (QED) is 0.929.